The minimum absolute atomic E-state index is 1.97. The molecule has 0 bridgehead atoms. The van der Waals surface area contributed by atoms with Crippen molar-refractivity contribution in [2.45, 2.75) is 123 Å². The summed E-state index contributed by atoms with van der Waals surface area (Å²) < 4.78 is 535. The second-order valence-electron chi connectivity index (χ2n) is 17.7. The number of rotatable bonds is 36. The van der Waals surface area contributed by atoms with E-state index in [1.165, 1.54) is 0 Å². The molecule has 0 aromatic heterocycles. The van der Waals surface area contributed by atoms with Gasteiger partial charge in [0.25, 0.3) is 0 Å². The predicted octanol–water partition coefficient (Wildman–Crippen LogP) is -12.0. The molecule has 4 fully saturated rings. The molecule has 576 valence electrons. The van der Waals surface area contributed by atoms with E-state index in [9.17, 15) is 169 Å². The molecule has 4 heterocycles. The fraction of sp³-hybridized carbons (Fsp3) is 1.00. The molecule has 0 radical (unpaired) electrons. The second-order valence-corrected chi connectivity index (χ2v) is 31.5. The van der Waals surface area contributed by atoms with E-state index in [0.717, 1.165) is 0 Å². The van der Waals surface area contributed by atoms with Crippen molar-refractivity contribution in [2.24, 2.45) is 0 Å². The topological polar surface area (TPSA) is 912 Å². The molecule has 60 nitrogen and oxygen atoms in total. The maximum atomic E-state index is 12.9. The van der Waals surface area contributed by atoms with Gasteiger partial charge >= 0.3 is 135 Å². The molecule has 20 atom stereocenters. The fourth-order valence-electron chi connectivity index (χ4n) is 8.18. The molecule has 4 aliphatic rings. The lowest BCUT2D eigenvalue weighted by atomic mass is 9.95. The number of hydrogen-bond acceptors (Lipinski definition) is 47. The van der Waals surface area contributed by atoms with Crippen LogP contribution in [-0.2, 0) is 223 Å². The van der Waals surface area contributed by atoms with Crippen LogP contribution in [0.25, 0.3) is 0 Å². The molecule has 0 aromatic carbocycles. The molecule has 0 unspecified atom stereocenters. The van der Waals surface area contributed by atoms with Crippen LogP contribution in [0, 0.1) is 0 Å². The lowest BCUT2D eigenvalue weighted by Crippen LogP contribution is -2.70. The van der Waals surface area contributed by atoms with Crippen molar-refractivity contribution in [3.8, 4) is 0 Å². The number of ether oxygens (including phenoxy) is 7. The van der Waals surface area contributed by atoms with Crippen molar-refractivity contribution in [1.82, 2.24) is 0 Å². The smallest absolute Gasteiger partial charge is 0.366 e. The van der Waals surface area contributed by atoms with Crippen molar-refractivity contribution >= 4 is 135 Å². The third kappa shape index (κ3) is 31.5. The first-order valence-electron chi connectivity index (χ1n) is 22.7. The Morgan fingerprint density at radius 2 is 0.371 bits per heavy atom. The van der Waals surface area contributed by atoms with Gasteiger partial charge in [-0.25, -0.2) is 54.4 Å². The molecule has 0 spiro atoms. The van der Waals surface area contributed by atoms with Gasteiger partial charge in [0.15, 0.2) is 43.5 Å². The van der Waals surface area contributed by atoms with E-state index >= 15 is 0 Å². The van der Waals surface area contributed by atoms with Gasteiger partial charge in [-0.1, -0.05) is 0 Å². The fourth-order valence-corrected chi connectivity index (χ4v) is 13.9. The highest BCUT2D eigenvalue weighted by atomic mass is 32.3. The summed E-state index contributed by atoms with van der Waals surface area (Å²) in [5.74, 6) is 0. The highest BCUT2D eigenvalue weighted by Crippen LogP contribution is 2.41. The third-order valence-electron chi connectivity index (χ3n) is 10.9. The first-order chi connectivity index (χ1) is 43.0. The average molecular weight is 1710 g/mol. The largest absolute Gasteiger partial charge is 0.397 e. The van der Waals surface area contributed by atoms with Crippen molar-refractivity contribution in [1.29, 1.82) is 0 Å². The van der Waals surface area contributed by atoms with E-state index in [2.05, 4.69) is 54.4 Å². The average Bonchev–Trinajstić information content (AvgIpc) is 0.758. The van der Waals surface area contributed by atoms with E-state index in [1.807, 2.05) is 0 Å². The van der Waals surface area contributed by atoms with Crippen LogP contribution in [0.2, 0.25) is 0 Å². The van der Waals surface area contributed by atoms with Gasteiger partial charge in [-0.2, -0.15) is 109 Å². The van der Waals surface area contributed by atoms with Crippen LogP contribution < -0.4 is 0 Å². The summed E-state index contributed by atoms with van der Waals surface area (Å²) in [6, 6.07) is 0. The van der Waals surface area contributed by atoms with Gasteiger partial charge < -0.3 is 38.3 Å². The molecule has 4 aliphatic heterocycles. The molecule has 0 aromatic rings. The quantitative estimate of drug-likeness (QED) is 0.0259. The summed E-state index contributed by atoms with van der Waals surface area (Å²) in [6.07, 6.45) is -72.8. The van der Waals surface area contributed by atoms with Crippen LogP contribution in [0.1, 0.15) is 0 Å². The summed E-state index contributed by atoms with van der Waals surface area (Å²) in [7, 11) is -83.4. The number of aliphatic hydroxyl groups excluding tert-OH is 1. The predicted molar refractivity (Wildman–Crippen MR) is 269 cm³/mol. The van der Waals surface area contributed by atoms with Crippen molar-refractivity contribution in [3.05, 3.63) is 0 Å². The Morgan fingerprint density at radius 3 is 0.588 bits per heavy atom. The van der Waals surface area contributed by atoms with Crippen molar-refractivity contribution < 1.29 is 261 Å². The third-order valence-corrected chi connectivity index (χ3v) is 16.8. The number of aliphatic hydroxyl groups is 1. The minimum Gasteiger partial charge on any atom is -0.366 e. The first kappa shape index (κ1) is 87.4. The summed E-state index contributed by atoms with van der Waals surface area (Å²) in [5, 5.41) is 11.2. The molecular weight excluding hydrogens is 1670 g/mol. The zero-order valence-corrected chi connectivity index (χ0v) is 55.3. The normalized spacial score (nSPS) is 33.1. The summed E-state index contributed by atoms with van der Waals surface area (Å²) in [5.41, 5.74) is 0. The monoisotopic (exact) mass is 1710 g/mol. The van der Waals surface area contributed by atoms with Crippen molar-refractivity contribution in [2.75, 3.05) is 26.4 Å². The van der Waals surface area contributed by atoms with Gasteiger partial charge in [0.05, 0.1) is 26.4 Å². The standard InChI is InChI=1S/C24H42O60S13/c25-21-17(15(80-93(50,51)52)11(78-91(44,45)46)5(69-21)1-65-85(26,27)28)75-23-19(83-96(59,60)61)14(10(77-90(41,42)43)7(71-23)3-67-87(32,33)34)73-22-18(82-95(56,57)58)13(9(76-89(38,39)40)6(70-22)2-66-86(29,30)31)74-24-20(84-97(62,63)64)16(81-94(53,54)55)12(79-92(47,48)49)8(72-24)4-68-88(35,36)37/h5-25H,1-4H2,(H,26,27,28)(H,29,30,31)(H,32,33,34)(H,35,36,37)(H,38,39,40)(H,41,42,43)(H,44,45,46)(H,47,48,49)(H,50,51,52)(H,53,54,55)(H,56,57,58)(H,59,60,61)(H,62,63,64)/t5-,6-,7-,8-,9-,10-,11-,12-,13+,14+,15+,16+,17+,18+,19+,20+,21+,22-,23-,24-/m1/s1. The van der Waals surface area contributed by atoms with Gasteiger partial charge in [0.2, 0.25) is 0 Å². The molecule has 0 aliphatic carbocycles. The lowest BCUT2D eigenvalue weighted by molar-refractivity contribution is -0.382. The van der Waals surface area contributed by atoms with Crippen LogP contribution in [0.5, 0.6) is 0 Å². The SMILES string of the molecule is O=S(=O)(O)OC[C@H]1O[C@H](O[C@@H]2[C@H](OS(=O)(=O)O)[C@@H](O[C@H]3[C@@H](OS(=O)(=O)O)[C@H](OS(=O)(=O)O)[C@@H](COS(=O)(=O)O)O[C@@H]3O)O[C@H](COS(=O)(=O)O)[C@H]2OS(=O)(=O)O)[C@@H](OS(=O)(=O)O)[C@@H](O[C@H]2O[C@H](COS(=O)(=O)O)[C@@H](OS(=O)(=O)O)[C@H](OS(=O)(=O)O)[C@@H]2OS(=O)(=O)O)[C@@H]1OS(=O)(=O)O. The van der Waals surface area contributed by atoms with E-state index in [-0.39, 0.29) is 0 Å². The maximum Gasteiger partial charge on any atom is 0.397 e. The van der Waals surface area contributed by atoms with E-state index < -0.39 is 284 Å². The van der Waals surface area contributed by atoms with E-state index in [1.54, 1.807) is 0 Å². The van der Waals surface area contributed by atoms with E-state index in [0.29, 0.717) is 0 Å². The molecule has 0 amide bonds. The van der Waals surface area contributed by atoms with Crippen LogP contribution in [0.4, 0.5) is 0 Å². The Kier molecular flexibility index (Phi) is 28.6. The van der Waals surface area contributed by atoms with Crippen LogP contribution >= 0.6 is 0 Å². The van der Waals surface area contributed by atoms with Crippen LogP contribution in [0.3, 0.4) is 0 Å². The van der Waals surface area contributed by atoms with Crippen LogP contribution in [-0.4, -0.2) is 323 Å². The summed E-state index contributed by atoms with van der Waals surface area (Å²) >= 11 is 0. The zero-order chi connectivity index (χ0) is 75.0. The van der Waals surface area contributed by atoms with Gasteiger partial charge in [0, 0.05) is 0 Å². The molecule has 4 saturated heterocycles. The van der Waals surface area contributed by atoms with Gasteiger partial charge in [0.1, 0.15) is 79.4 Å². The Labute approximate surface area is 542 Å². The highest BCUT2D eigenvalue weighted by molar-refractivity contribution is 7.83. The first-order valence-corrected chi connectivity index (χ1v) is 40.4. The van der Waals surface area contributed by atoms with Gasteiger partial charge in [-0.3, -0.25) is 59.2 Å². The Bertz CT molecular complexity index is 4320. The molecule has 97 heavy (non-hydrogen) atoms. The summed E-state index contributed by atoms with van der Waals surface area (Å²) in [6.45, 7) is -8.94. The molecule has 14 N–H and O–H groups in total. The highest BCUT2D eigenvalue weighted by Gasteiger charge is 2.63. The maximum absolute atomic E-state index is 12.9. The van der Waals surface area contributed by atoms with Gasteiger partial charge in [-0.15, -0.1) is 0 Å². The Hall–Kier alpha value is -2.01. The minimum atomic E-state index is -6.85. The Morgan fingerprint density at radius 1 is 0.206 bits per heavy atom. The molecule has 0 saturated carbocycles. The molecular formula is C24H42O60S13. The van der Waals surface area contributed by atoms with Crippen molar-refractivity contribution in [3.63, 3.8) is 0 Å². The summed E-state index contributed by atoms with van der Waals surface area (Å²) in [4.78, 5) is 0. The lowest BCUT2D eigenvalue weighted by Gasteiger charge is -2.50. The van der Waals surface area contributed by atoms with E-state index in [4.69, 9.17) is 37.7 Å². The molecule has 73 heteroatoms. The van der Waals surface area contributed by atoms with Crippen LogP contribution in [0.15, 0.2) is 0 Å². The second kappa shape index (κ2) is 31.8. The zero-order valence-electron chi connectivity index (χ0n) is 44.7. The number of hydrogen-bond donors (Lipinski definition) is 14. The molecule has 4 rings (SSSR count). The Balaban J connectivity index is 2.25. The van der Waals surface area contributed by atoms with Gasteiger partial charge in [-0.05, 0) is 0 Å².